The minimum absolute atomic E-state index is 0. The molecule has 0 aromatic heterocycles. The molecule has 1 fully saturated rings. The molecule has 0 radical (unpaired) electrons. The van der Waals surface area contributed by atoms with Crippen LogP contribution in [0, 0.1) is 0 Å². The first-order valence-corrected chi connectivity index (χ1v) is 9.39. The fourth-order valence-electron chi connectivity index (χ4n) is 3.41. The molecule has 25 heavy (non-hydrogen) atoms. The summed E-state index contributed by atoms with van der Waals surface area (Å²) >= 11 is 0. The van der Waals surface area contributed by atoms with E-state index in [1.54, 1.807) is 0 Å². The summed E-state index contributed by atoms with van der Waals surface area (Å²) in [5, 5.41) is 3.75. The van der Waals surface area contributed by atoms with Crippen molar-refractivity contribution in [3.63, 3.8) is 0 Å². The van der Waals surface area contributed by atoms with Crippen molar-refractivity contribution in [1.82, 2.24) is 5.32 Å². The highest BCUT2D eigenvalue weighted by Gasteiger charge is 2.10. The molecule has 1 aliphatic carbocycles. The molecule has 0 bridgehead atoms. The fourth-order valence-corrected chi connectivity index (χ4v) is 3.41. The third kappa shape index (κ3) is 7.09. The van der Waals surface area contributed by atoms with Gasteiger partial charge in [-0.1, -0.05) is 74.6 Å². The summed E-state index contributed by atoms with van der Waals surface area (Å²) in [6.07, 6.45) is 9.62. The van der Waals surface area contributed by atoms with Crippen LogP contribution in [-0.4, -0.2) is 6.04 Å². The summed E-state index contributed by atoms with van der Waals surface area (Å²) in [4.78, 5) is 0. The van der Waals surface area contributed by atoms with Crippen LogP contribution in [0.1, 0.15) is 56.1 Å². The molecule has 1 aliphatic rings. The second-order valence-electron chi connectivity index (χ2n) is 6.84. The van der Waals surface area contributed by atoms with Gasteiger partial charge in [0, 0.05) is 12.6 Å². The number of halogens is 1. The van der Waals surface area contributed by atoms with Gasteiger partial charge < -0.3 is 10.1 Å². The Hall–Kier alpha value is -1.51. The van der Waals surface area contributed by atoms with Gasteiger partial charge in [-0.05, 0) is 36.1 Å². The Morgan fingerprint density at radius 1 is 0.800 bits per heavy atom. The van der Waals surface area contributed by atoms with E-state index >= 15 is 0 Å². The average Bonchev–Trinajstić information content (AvgIpc) is 2.60. The largest absolute Gasteiger partial charge is 0.489 e. The Morgan fingerprint density at radius 3 is 2.24 bits per heavy atom. The lowest BCUT2D eigenvalue weighted by atomic mass is 9.96. The molecular formula is C22H30ClNO. The van der Waals surface area contributed by atoms with Gasteiger partial charge in [-0.15, -0.1) is 12.4 Å². The Labute approximate surface area is 158 Å². The van der Waals surface area contributed by atoms with Crippen molar-refractivity contribution in [2.45, 2.75) is 64.1 Å². The van der Waals surface area contributed by atoms with Crippen LogP contribution in [0.5, 0.6) is 5.75 Å². The molecule has 1 saturated carbocycles. The summed E-state index contributed by atoms with van der Waals surface area (Å²) in [5.41, 5.74) is 2.51. The zero-order valence-electron chi connectivity index (χ0n) is 15.0. The molecule has 0 saturated heterocycles. The third-order valence-corrected chi connectivity index (χ3v) is 4.85. The average molecular weight is 360 g/mol. The van der Waals surface area contributed by atoms with Crippen molar-refractivity contribution in [3.05, 3.63) is 65.7 Å². The molecule has 2 nitrogen and oxygen atoms in total. The van der Waals surface area contributed by atoms with Crippen molar-refractivity contribution in [3.8, 4) is 5.75 Å². The highest BCUT2D eigenvalue weighted by molar-refractivity contribution is 5.85. The van der Waals surface area contributed by atoms with Crippen LogP contribution in [-0.2, 0) is 13.2 Å². The normalized spacial score (nSPS) is 15.7. The van der Waals surface area contributed by atoms with Gasteiger partial charge in [-0.25, -0.2) is 0 Å². The van der Waals surface area contributed by atoms with Crippen molar-refractivity contribution >= 4 is 12.4 Å². The lowest BCUT2D eigenvalue weighted by Gasteiger charge is -2.21. The summed E-state index contributed by atoms with van der Waals surface area (Å²) in [6.45, 7) is 1.56. The topological polar surface area (TPSA) is 21.3 Å². The van der Waals surface area contributed by atoms with E-state index in [4.69, 9.17) is 4.74 Å². The molecule has 136 valence electrons. The molecule has 3 heteroatoms. The zero-order chi connectivity index (χ0) is 16.5. The van der Waals surface area contributed by atoms with Gasteiger partial charge in [0.05, 0.1) is 0 Å². The molecule has 0 amide bonds. The van der Waals surface area contributed by atoms with E-state index in [-0.39, 0.29) is 12.4 Å². The maximum atomic E-state index is 5.93. The van der Waals surface area contributed by atoms with Gasteiger partial charge >= 0.3 is 0 Å². The molecule has 2 aromatic rings. The minimum atomic E-state index is 0. The maximum Gasteiger partial charge on any atom is 0.120 e. The number of ether oxygens (including phenoxy) is 1. The van der Waals surface area contributed by atoms with E-state index < -0.39 is 0 Å². The minimum Gasteiger partial charge on any atom is -0.489 e. The number of hydrogen-bond donors (Lipinski definition) is 1. The van der Waals surface area contributed by atoms with Crippen LogP contribution in [0.3, 0.4) is 0 Å². The lowest BCUT2D eigenvalue weighted by molar-refractivity contribution is 0.305. The first-order valence-electron chi connectivity index (χ1n) is 9.39. The Morgan fingerprint density at radius 2 is 1.48 bits per heavy atom. The predicted molar refractivity (Wildman–Crippen MR) is 107 cm³/mol. The number of nitrogens with one attached hydrogen (secondary N) is 1. The summed E-state index contributed by atoms with van der Waals surface area (Å²) in [7, 11) is 0. The van der Waals surface area contributed by atoms with Gasteiger partial charge in [0.15, 0.2) is 0 Å². The number of rotatable bonds is 6. The van der Waals surface area contributed by atoms with Crippen LogP contribution < -0.4 is 10.1 Å². The molecule has 0 heterocycles. The summed E-state index contributed by atoms with van der Waals surface area (Å²) < 4.78 is 5.93. The summed E-state index contributed by atoms with van der Waals surface area (Å²) in [6, 6.07) is 19.5. The summed E-state index contributed by atoms with van der Waals surface area (Å²) in [5.74, 6) is 0.954. The molecule has 2 aromatic carbocycles. The van der Waals surface area contributed by atoms with Crippen molar-refractivity contribution in [2.75, 3.05) is 0 Å². The smallest absolute Gasteiger partial charge is 0.120 e. The quantitative estimate of drug-likeness (QED) is 0.694. The second kappa shape index (κ2) is 11.2. The molecule has 0 spiro atoms. The molecule has 0 aliphatic heterocycles. The Balaban J connectivity index is 0.00000225. The standard InChI is InChI=1S/C22H29NO.ClH/c1-2-7-13-21(14-8-3-1)23-17-20-12-9-15-22(16-20)24-18-19-10-5-4-6-11-19;/h4-6,9-12,15-16,21,23H,1-3,7-8,13-14,17-18H2;1H. The van der Waals surface area contributed by atoms with Gasteiger partial charge in [0.2, 0.25) is 0 Å². The molecule has 0 unspecified atom stereocenters. The van der Waals surface area contributed by atoms with Crippen molar-refractivity contribution in [2.24, 2.45) is 0 Å². The monoisotopic (exact) mass is 359 g/mol. The van der Waals surface area contributed by atoms with Gasteiger partial charge in [-0.3, -0.25) is 0 Å². The van der Waals surface area contributed by atoms with E-state index in [0.717, 1.165) is 12.3 Å². The highest BCUT2D eigenvalue weighted by Crippen LogP contribution is 2.19. The van der Waals surface area contributed by atoms with Crippen LogP contribution in [0.2, 0.25) is 0 Å². The van der Waals surface area contributed by atoms with Crippen molar-refractivity contribution in [1.29, 1.82) is 0 Å². The van der Waals surface area contributed by atoms with Crippen LogP contribution in [0.15, 0.2) is 54.6 Å². The third-order valence-electron chi connectivity index (χ3n) is 4.85. The molecule has 3 rings (SSSR count). The first-order chi connectivity index (χ1) is 11.9. The predicted octanol–water partition coefficient (Wildman–Crippen LogP) is 5.89. The van der Waals surface area contributed by atoms with E-state index in [1.807, 2.05) is 24.3 Å². The van der Waals surface area contributed by atoms with Crippen LogP contribution in [0.25, 0.3) is 0 Å². The Bertz CT molecular complexity index is 594. The number of hydrogen-bond acceptors (Lipinski definition) is 2. The number of benzene rings is 2. The van der Waals surface area contributed by atoms with Crippen LogP contribution in [0.4, 0.5) is 0 Å². The fraction of sp³-hybridized carbons (Fsp3) is 0.455. The highest BCUT2D eigenvalue weighted by atomic mass is 35.5. The van der Waals surface area contributed by atoms with Gasteiger partial charge in [-0.2, -0.15) is 0 Å². The van der Waals surface area contributed by atoms with E-state index in [9.17, 15) is 0 Å². The zero-order valence-corrected chi connectivity index (χ0v) is 15.8. The van der Waals surface area contributed by atoms with E-state index in [0.29, 0.717) is 12.6 Å². The Kier molecular flexibility index (Phi) is 8.85. The SMILES string of the molecule is Cl.c1ccc(COc2cccc(CNC3CCCCCCC3)c2)cc1. The van der Waals surface area contributed by atoms with Crippen molar-refractivity contribution < 1.29 is 4.74 Å². The lowest BCUT2D eigenvalue weighted by Crippen LogP contribution is -2.29. The van der Waals surface area contributed by atoms with Gasteiger partial charge in [0.25, 0.3) is 0 Å². The van der Waals surface area contributed by atoms with E-state index in [1.165, 1.54) is 56.1 Å². The molecular weight excluding hydrogens is 330 g/mol. The second-order valence-corrected chi connectivity index (χ2v) is 6.84. The van der Waals surface area contributed by atoms with Gasteiger partial charge in [0.1, 0.15) is 12.4 Å². The van der Waals surface area contributed by atoms with E-state index in [2.05, 4.69) is 35.6 Å². The molecule has 0 atom stereocenters. The molecule has 1 N–H and O–H groups in total. The maximum absolute atomic E-state index is 5.93. The van der Waals surface area contributed by atoms with Crippen LogP contribution >= 0.6 is 12.4 Å². The first kappa shape index (κ1) is 19.8.